The van der Waals surface area contributed by atoms with E-state index in [4.69, 9.17) is 4.74 Å². The summed E-state index contributed by atoms with van der Waals surface area (Å²) in [7, 11) is 1.70. The van der Waals surface area contributed by atoms with Gasteiger partial charge in [-0.05, 0) is 41.4 Å². The molecule has 1 unspecified atom stereocenters. The summed E-state index contributed by atoms with van der Waals surface area (Å²) in [5.41, 5.74) is 1.13. The van der Waals surface area contributed by atoms with Crippen molar-refractivity contribution in [2.24, 2.45) is 0 Å². The molecular formula is C10H15BrN2O. The number of nitrogens with zero attached hydrogens (tertiary/aromatic N) is 1. The third kappa shape index (κ3) is 3.27. The Morgan fingerprint density at radius 1 is 1.64 bits per heavy atom. The van der Waals surface area contributed by atoms with Crippen LogP contribution in [0.1, 0.15) is 12.5 Å². The van der Waals surface area contributed by atoms with E-state index < -0.39 is 0 Å². The monoisotopic (exact) mass is 258 g/mol. The van der Waals surface area contributed by atoms with Crippen LogP contribution in [0, 0.1) is 6.92 Å². The van der Waals surface area contributed by atoms with Crippen molar-refractivity contribution in [3.05, 3.63) is 22.3 Å². The molecule has 0 bridgehead atoms. The molecule has 0 aliphatic carbocycles. The number of methoxy groups -OCH3 is 1. The SMILES string of the molecule is COC(C)CNc1ncc(Br)cc1C. The fourth-order valence-corrected chi connectivity index (χ4v) is 1.50. The van der Waals surface area contributed by atoms with Crippen molar-refractivity contribution in [3.63, 3.8) is 0 Å². The van der Waals surface area contributed by atoms with E-state index in [-0.39, 0.29) is 6.10 Å². The van der Waals surface area contributed by atoms with Gasteiger partial charge in [-0.3, -0.25) is 0 Å². The summed E-state index contributed by atoms with van der Waals surface area (Å²) in [6.45, 7) is 4.81. The number of ether oxygens (including phenoxy) is 1. The van der Waals surface area contributed by atoms with E-state index in [9.17, 15) is 0 Å². The van der Waals surface area contributed by atoms with E-state index in [1.54, 1.807) is 13.3 Å². The zero-order chi connectivity index (χ0) is 10.6. The minimum atomic E-state index is 0.194. The number of hydrogen-bond acceptors (Lipinski definition) is 3. The molecule has 1 atom stereocenters. The number of hydrogen-bond donors (Lipinski definition) is 1. The molecule has 0 aliphatic heterocycles. The van der Waals surface area contributed by atoms with Gasteiger partial charge in [0.2, 0.25) is 0 Å². The van der Waals surface area contributed by atoms with Crippen molar-refractivity contribution in [2.45, 2.75) is 20.0 Å². The van der Waals surface area contributed by atoms with E-state index in [1.165, 1.54) is 0 Å². The van der Waals surface area contributed by atoms with Crippen LogP contribution in [0.3, 0.4) is 0 Å². The Morgan fingerprint density at radius 2 is 2.36 bits per heavy atom. The minimum absolute atomic E-state index is 0.194. The molecular weight excluding hydrogens is 244 g/mol. The summed E-state index contributed by atoms with van der Waals surface area (Å²) in [5.74, 6) is 0.914. The topological polar surface area (TPSA) is 34.1 Å². The van der Waals surface area contributed by atoms with Gasteiger partial charge in [-0.15, -0.1) is 0 Å². The molecule has 1 rings (SSSR count). The summed E-state index contributed by atoms with van der Waals surface area (Å²) in [4.78, 5) is 4.27. The van der Waals surface area contributed by atoms with E-state index in [2.05, 4.69) is 26.2 Å². The van der Waals surface area contributed by atoms with Gasteiger partial charge in [0.05, 0.1) is 6.10 Å². The fraction of sp³-hybridized carbons (Fsp3) is 0.500. The Hall–Kier alpha value is -0.610. The zero-order valence-corrected chi connectivity index (χ0v) is 10.3. The van der Waals surface area contributed by atoms with Crippen LogP contribution < -0.4 is 5.32 Å². The van der Waals surface area contributed by atoms with E-state index in [0.717, 1.165) is 22.4 Å². The Morgan fingerprint density at radius 3 is 2.93 bits per heavy atom. The van der Waals surface area contributed by atoms with Crippen LogP contribution in [-0.2, 0) is 4.74 Å². The molecule has 0 radical (unpaired) electrons. The molecule has 78 valence electrons. The van der Waals surface area contributed by atoms with Gasteiger partial charge >= 0.3 is 0 Å². The van der Waals surface area contributed by atoms with Gasteiger partial charge in [0.25, 0.3) is 0 Å². The Kier molecular flexibility index (Phi) is 4.35. The average Bonchev–Trinajstić information content (AvgIpc) is 2.16. The second-order valence-electron chi connectivity index (χ2n) is 3.25. The molecule has 14 heavy (non-hydrogen) atoms. The van der Waals surface area contributed by atoms with Crippen LogP contribution in [0.5, 0.6) is 0 Å². The van der Waals surface area contributed by atoms with Crippen LogP contribution in [-0.4, -0.2) is 24.7 Å². The van der Waals surface area contributed by atoms with E-state index in [1.807, 2.05) is 19.9 Å². The Labute approximate surface area is 93.0 Å². The van der Waals surface area contributed by atoms with Crippen LogP contribution >= 0.6 is 15.9 Å². The van der Waals surface area contributed by atoms with Gasteiger partial charge in [0.1, 0.15) is 5.82 Å². The highest BCUT2D eigenvalue weighted by Gasteiger charge is 2.02. The quantitative estimate of drug-likeness (QED) is 0.902. The summed E-state index contributed by atoms with van der Waals surface area (Å²) in [5, 5.41) is 3.23. The Bertz CT molecular complexity index is 304. The highest BCUT2D eigenvalue weighted by molar-refractivity contribution is 9.10. The Balaban J connectivity index is 2.59. The lowest BCUT2D eigenvalue weighted by atomic mass is 10.3. The maximum absolute atomic E-state index is 5.14. The lowest BCUT2D eigenvalue weighted by Crippen LogP contribution is -2.19. The molecule has 0 fully saturated rings. The van der Waals surface area contributed by atoms with Gasteiger partial charge in [-0.25, -0.2) is 4.98 Å². The van der Waals surface area contributed by atoms with Crippen molar-refractivity contribution in [1.29, 1.82) is 0 Å². The molecule has 0 amide bonds. The third-order valence-corrected chi connectivity index (χ3v) is 2.44. The first-order chi connectivity index (χ1) is 6.63. The molecule has 1 heterocycles. The lowest BCUT2D eigenvalue weighted by molar-refractivity contribution is 0.128. The lowest BCUT2D eigenvalue weighted by Gasteiger charge is -2.12. The predicted octanol–water partition coefficient (Wildman–Crippen LogP) is 2.60. The number of halogens is 1. The molecule has 0 spiro atoms. The largest absolute Gasteiger partial charge is 0.380 e. The molecule has 1 aromatic rings. The van der Waals surface area contributed by atoms with Crippen molar-refractivity contribution in [2.75, 3.05) is 19.0 Å². The summed E-state index contributed by atoms with van der Waals surface area (Å²) in [6.07, 6.45) is 1.98. The van der Waals surface area contributed by atoms with Gasteiger partial charge < -0.3 is 10.1 Å². The van der Waals surface area contributed by atoms with E-state index in [0.29, 0.717) is 0 Å². The first-order valence-corrected chi connectivity index (χ1v) is 5.31. The first-order valence-electron chi connectivity index (χ1n) is 4.52. The van der Waals surface area contributed by atoms with Crippen molar-refractivity contribution >= 4 is 21.7 Å². The molecule has 0 saturated carbocycles. The molecule has 4 heteroatoms. The van der Waals surface area contributed by atoms with E-state index >= 15 is 0 Å². The van der Waals surface area contributed by atoms with Crippen molar-refractivity contribution in [1.82, 2.24) is 4.98 Å². The van der Waals surface area contributed by atoms with Gasteiger partial charge in [0, 0.05) is 24.3 Å². The highest BCUT2D eigenvalue weighted by atomic mass is 79.9. The summed E-state index contributed by atoms with van der Waals surface area (Å²) in [6, 6.07) is 2.03. The number of anilines is 1. The number of pyridine rings is 1. The molecule has 3 nitrogen and oxygen atoms in total. The standard InChI is InChI=1S/C10H15BrN2O/c1-7-4-9(11)6-13-10(7)12-5-8(2)14-3/h4,6,8H,5H2,1-3H3,(H,12,13). The van der Waals surface area contributed by atoms with Gasteiger partial charge in [-0.1, -0.05) is 0 Å². The first kappa shape index (κ1) is 11.5. The highest BCUT2D eigenvalue weighted by Crippen LogP contribution is 2.16. The maximum Gasteiger partial charge on any atom is 0.129 e. The average molecular weight is 259 g/mol. The number of aromatic nitrogens is 1. The number of rotatable bonds is 4. The fourth-order valence-electron chi connectivity index (χ4n) is 1.05. The van der Waals surface area contributed by atoms with Crippen molar-refractivity contribution < 1.29 is 4.74 Å². The smallest absolute Gasteiger partial charge is 0.129 e. The van der Waals surface area contributed by atoms with Crippen LogP contribution in [0.4, 0.5) is 5.82 Å². The summed E-state index contributed by atoms with van der Waals surface area (Å²) >= 11 is 3.38. The normalized spacial score (nSPS) is 12.6. The third-order valence-electron chi connectivity index (χ3n) is 2.00. The van der Waals surface area contributed by atoms with Gasteiger partial charge in [-0.2, -0.15) is 0 Å². The maximum atomic E-state index is 5.14. The molecule has 0 saturated heterocycles. The molecule has 0 aliphatic rings. The summed E-state index contributed by atoms with van der Waals surface area (Å²) < 4.78 is 6.14. The minimum Gasteiger partial charge on any atom is -0.380 e. The van der Waals surface area contributed by atoms with Crippen LogP contribution in [0.2, 0.25) is 0 Å². The van der Waals surface area contributed by atoms with Crippen LogP contribution in [0.25, 0.3) is 0 Å². The zero-order valence-electron chi connectivity index (χ0n) is 8.67. The predicted molar refractivity (Wildman–Crippen MR) is 61.6 cm³/mol. The number of nitrogens with one attached hydrogen (secondary N) is 1. The number of aryl methyl sites for hydroxylation is 1. The molecule has 0 aromatic carbocycles. The van der Waals surface area contributed by atoms with Crippen molar-refractivity contribution in [3.8, 4) is 0 Å². The van der Waals surface area contributed by atoms with Gasteiger partial charge in [0.15, 0.2) is 0 Å². The molecule has 1 aromatic heterocycles. The van der Waals surface area contributed by atoms with Crippen LogP contribution in [0.15, 0.2) is 16.7 Å². The second-order valence-corrected chi connectivity index (χ2v) is 4.16. The molecule has 1 N–H and O–H groups in total. The second kappa shape index (κ2) is 5.32.